The first-order valence-electron chi connectivity index (χ1n) is 4.21. The average molecular weight is 279 g/mol. The summed E-state index contributed by atoms with van der Waals surface area (Å²) in [6, 6.07) is 3.66. The highest BCUT2D eigenvalue weighted by Crippen LogP contribution is 2.36. The van der Waals surface area contributed by atoms with E-state index < -0.39 is 15.7 Å². The van der Waals surface area contributed by atoms with Crippen LogP contribution in [0.3, 0.4) is 0 Å². The first-order chi connectivity index (χ1) is 6.51. The Morgan fingerprint density at radius 2 is 2.00 bits per heavy atom. The maximum Gasteiger partial charge on any atom is 0.182 e. The van der Waals surface area contributed by atoms with Gasteiger partial charge < -0.3 is 0 Å². The van der Waals surface area contributed by atoms with Gasteiger partial charge in [-0.15, -0.1) is 0 Å². The molecule has 2 rings (SSSR count). The number of hydrogen-bond acceptors (Lipinski definition) is 2. The first kappa shape index (κ1) is 10.1. The van der Waals surface area contributed by atoms with Crippen LogP contribution in [-0.2, 0) is 9.84 Å². The highest BCUT2D eigenvalue weighted by molar-refractivity contribution is 9.10. The summed E-state index contributed by atoms with van der Waals surface area (Å²) >= 11 is 3.06. The number of hydrogen-bond donors (Lipinski definition) is 0. The molecular formula is C9H8BrFO2S. The van der Waals surface area contributed by atoms with Gasteiger partial charge in [-0.1, -0.05) is 0 Å². The van der Waals surface area contributed by atoms with Crippen molar-refractivity contribution in [2.75, 3.05) is 0 Å². The lowest BCUT2D eigenvalue weighted by Gasteiger charge is -2.04. The third-order valence-corrected chi connectivity index (χ3v) is 5.40. The topological polar surface area (TPSA) is 34.1 Å². The number of halogens is 2. The van der Waals surface area contributed by atoms with E-state index in [2.05, 4.69) is 15.9 Å². The zero-order chi connectivity index (χ0) is 10.3. The molecule has 0 atom stereocenters. The monoisotopic (exact) mass is 278 g/mol. The van der Waals surface area contributed by atoms with Crippen LogP contribution in [0.25, 0.3) is 0 Å². The smallest absolute Gasteiger partial charge is 0.182 e. The molecule has 1 aromatic carbocycles. The third kappa shape index (κ3) is 1.70. The van der Waals surface area contributed by atoms with E-state index in [-0.39, 0.29) is 10.1 Å². The van der Waals surface area contributed by atoms with Crippen LogP contribution in [0.1, 0.15) is 12.8 Å². The number of sulfone groups is 1. The van der Waals surface area contributed by atoms with Gasteiger partial charge in [0.15, 0.2) is 9.84 Å². The van der Waals surface area contributed by atoms with Crippen molar-refractivity contribution in [3.63, 3.8) is 0 Å². The van der Waals surface area contributed by atoms with Crippen LogP contribution in [0.15, 0.2) is 27.6 Å². The van der Waals surface area contributed by atoms with Gasteiger partial charge in [-0.3, -0.25) is 0 Å². The van der Waals surface area contributed by atoms with Gasteiger partial charge in [-0.2, -0.15) is 0 Å². The zero-order valence-electron chi connectivity index (χ0n) is 7.20. The van der Waals surface area contributed by atoms with Gasteiger partial charge in [0.05, 0.1) is 10.1 Å². The minimum absolute atomic E-state index is 0.196. The molecule has 1 aromatic rings. The lowest BCUT2D eigenvalue weighted by molar-refractivity contribution is 0.592. The van der Waals surface area contributed by atoms with Crippen LogP contribution in [0.4, 0.5) is 4.39 Å². The third-order valence-electron chi connectivity index (χ3n) is 2.16. The van der Waals surface area contributed by atoms with Crippen LogP contribution in [0, 0.1) is 5.82 Å². The SMILES string of the molecule is O=S(=O)(c1ccc(F)cc1Br)C1CC1. The predicted octanol–water partition coefficient (Wildman–Crippen LogP) is 2.52. The van der Waals surface area contributed by atoms with E-state index in [9.17, 15) is 12.8 Å². The molecule has 0 amide bonds. The van der Waals surface area contributed by atoms with Crippen LogP contribution in [-0.4, -0.2) is 13.7 Å². The van der Waals surface area contributed by atoms with Gasteiger partial charge in [0, 0.05) is 4.47 Å². The van der Waals surface area contributed by atoms with Crippen molar-refractivity contribution < 1.29 is 12.8 Å². The van der Waals surface area contributed by atoms with Crippen molar-refractivity contribution >= 4 is 25.8 Å². The molecule has 1 fully saturated rings. The highest BCUT2D eigenvalue weighted by atomic mass is 79.9. The summed E-state index contributed by atoms with van der Waals surface area (Å²) in [6.45, 7) is 0. The Labute approximate surface area is 90.2 Å². The molecule has 0 aromatic heterocycles. The highest BCUT2D eigenvalue weighted by Gasteiger charge is 2.37. The van der Waals surface area contributed by atoms with Gasteiger partial charge in [0.1, 0.15) is 5.82 Å². The maximum atomic E-state index is 12.7. The van der Waals surface area contributed by atoms with E-state index in [1.54, 1.807) is 0 Å². The second kappa shape index (κ2) is 3.31. The minimum atomic E-state index is -3.23. The maximum absolute atomic E-state index is 12.7. The molecule has 0 spiro atoms. The quantitative estimate of drug-likeness (QED) is 0.779. The van der Waals surface area contributed by atoms with Crippen LogP contribution in [0.2, 0.25) is 0 Å². The molecule has 14 heavy (non-hydrogen) atoms. The largest absolute Gasteiger partial charge is 0.223 e. The van der Waals surface area contributed by atoms with Crippen molar-refractivity contribution in [1.29, 1.82) is 0 Å². The molecule has 0 unspecified atom stereocenters. The van der Waals surface area contributed by atoms with Crippen molar-refractivity contribution in [1.82, 2.24) is 0 Å². The summed E-state index contributed by atoms with van der Waals surface area (Å²) in [6.07, 6.45) is 1.43. The van der Waals surface area contributed by atoms with Gasteiger partial charge >= 0.3 is 0 Å². The van der Waals surface area contributed by atoms with Gasteiger partial charge in [0.25, 0.3) is 0 Å². The Bertz CT molecular complexity index is 466. The Hall–Kier alpha value is -0.420. The fraction of sp³-hybridized carbons (Fsp3) is 0.333. The van der Waals surface area contributed by atoms with Crippen LogP contribution >= 0.6 is 15.9 Å². The molecule has 1 aliphatic carbocycles. The van der Waals surface area contributed by atoms with Crippen molar-refractivity contribution in [3.05, 3.63) is 28.5 Å². The van der Waals surface area contributed by atoms with Crippen molar-refractivity contribution in [2.45, 2.75) is 23.0 Å². The van der Waals surface area contributed by atoms with E-state index in [1.165, 1.54) is 18.2 Å². The van der Waals surface area contributed by atoms with Gasteiger partial charge in [-0.25, -0.2) is 12.8 Å². The molecule has 0 saturated heterocycles. The zero-order valence-corrected chi connectivity index (χ0v) is 9.61. The fourth-order valence-electron chi connectivity index (χ4n) is 1.26. The fourth-order valence-corrected chi connectivity index (χ4v) is 4.00. The van der Waals surface area contributed by atoms with Gasteiger partial charge in [-0.05, 0) is 47.0 Å². The van der Waals surface area contributed by atoms with Crippen molar-refractivity contribution in [3.8, 4) is 0 Å². The van der Waals surface area contributed by atoms with E-state index >= 15 is 0 Å². The molecule has 0 radical (unpaired) electrons. The van der Waals surface area contributed by atoms with Crippen LogP contribution < -0.4 is 0 Å². The normalized spacial score (nSPS) is 17.0. The molecule has 0 N–H and O–H groups in total. The Morgan fingerprint density at radius 1 is 1.36 bits per heavy atom. The molecule has 2 nitrogen and oxygen atoms in total. The first-order valence-corrected chi connectivity index (χ1v) is 6.54. The molecular weight excluding hydrogens is 271 g/mol. The summed E-state index contributed by atoms with van der Waals surface area (Å²) < 4.78 is 36.6. The van der Waals surface area contributed by atoms with E-state index in [0.717, 1.165) is 0 Å². The van der Waals surface area contributed by atoms with E-state index in [0.29, 0.717) is 17.3 Å². The molecule has 1 aliphatic rings. The lowest BCUT2D eigenvalue weighted by atomic mass is 10.3. The molecule has 0 bridgehead atoms. The Balaban J connectivity index is 2.51. The van der Waals surface area contributed by atoms with E-state index in [1.807, 2.05) is 0 Å². The Kier molecular flexibility index (Phi) is 2.39. The number of rotatable bonds is 2. The molecule has 76 valence electrons. The minimum Gasteiger partial charge on any atom is -0.223 e. The number of benzene rings is 1. The molecule has 5 heteroatoms. The Morgan fingerprint density at radius 3 is 2.50 bits per heavy atom. The van der Waals surface area contributed by atoms with Crippen molar-refractivity contribution in [2.24, 2.45) is 0 Å². The molecule has 0 aliphatic heterocycles. The second-order valence-electron chi connectivity index (χ2n) is 3.32. The average Bonchev–Trinajstić information content (AvgIpc) is 2.84. The van der Waals surface area contributed by atoms with Gasteiger partial charge in [0.2, 0.25) is 0 Å². The van der Waals surface area contributed by atoms with E-state index in [4.69, 9.17) is 0 Å². The summed E-state index contributed by atoms with van der Waals surface area (Å²) in [4.78, 5) is 0.196. The summed E-state index contributed by atoms with van der Waals surface area (Å²) in [5.74, 6) is -0.438. The molecule has 0 heterocycles. The van der Waals surface area contributed by atoms with Crippen LogP contribution in [0.5, 0.6) is 0 Å². The molecule has 1 saturated carbocycles. The second-order valence-corrected chi connectivity index (χ2v) is 6.37. The predicted molar refractivity (Wildman–Crippen MR) is 54.3 cm³/mol. The summed E-state index contributed by atoms with van der Waals surface area (Å²) in [5, 5.41) is -0.260. The lowest BCUT2D eigenvalue weighted by Crippen LogP contribution is -2.07. The summed E-state index contributed by atoms with van der Waals surface area (Å²) in [7, 11) is -3.23. The summed E-state index contributed by atoms with van der Waals surface area (Å²) in [5.41, 5.74) is 0. The standard InChI is InChI=1S/C9H8BrFO2S/c10-8-5-6(11)1-4-9(8)14(12,13)7-2-3-7/h1,4-5,7H,2-3H2.